The number of hydrogen-bond donors (Lipinski definition) is 2. The minimum Gasteiger partial charge on any atom is -0.497 e. The molecule has 2 unspecified atom stereocenters. The number of benzene rings is 2. The average molecular weight is 301 g/mol. The van der Waals surface area contributed by atoms with Crippen LogP contribution in [0.3, 0.4) is 0 Å². The second kappa shape index (κ2) is 5.62. The molecule has 0 saturated heterocycles. The van der Waals surface area contributed by atoms with E-state index in [-0.39, 0.29) is 5.25 Å². The summed E-state index contributed by atoms with van der Waals surface area (Å²) in [6, 6.07) is 15.9. The molecule has 2 aromatic carbocycles. The van der Waals surface area contributed by atoms with Gasteiger partial charge in [0.05, 0.1) is 18.0 Å². The van der Waals surface area contributed by atoms with Crippen LogP contribution in [0.4, 0.5) is 5.69 Å². The number of aliphatic hydroxyl groups is 1. The Kier molecular flexibility index (Phi) is 3.83. The Labute approximate surface area is 129 Å². The van der Waals surface area contributed by atoms with Gasteiger partial charge in [-0.15, -0.1) is 11.8 Å². The van der Waals surface area contributed by atoms with Crippen LogP contribution < -0.4 is 10.1 Å². The second-order valence-electron chi connectivity index (χ2n) is 5.33. The fourth-order valence-electron chi connectivity index (χ4n) is 2.54. The summed E-state index contributed by atoms with van der Waals surface area (Å²) in [4.78, 5) is 1.18. The zero-order valence-corrected chi connectivity index (χ0v) is 13.0. The van der Waals surface area contributed by atoms with Crippen molar-refractivity contribution in [3.05, 3.63) is 54.1 Å². The lowest BCUT2D eigenvalue weighted by molar-refractivity contribution is 0.0703. The molecule has 0 aliphatic carbocycles. The first-order chi connectivity index (χ1) is 10.1. The molecule has 3 nitrogen and oxygen atoms in total. The molecule has 1 aliphatic rings. The van der Waals surface area contributed by atoms with Crippen LogP contribution in [-0.2, 0) is 6.42 Å². The van der Waals surface area contributed by atoms with Crippen LogP contribution >= 0.6 is 11.8 Å². The van der Waals surface area contributed by atoms with Gasteiger partial charge in [0.2, 0.25) is 0 Å². The minimum atomic E-state index is -0.951. The average Bonchev–Trinajstić information content (AvgIpc) is 2.49. The molecule has 0 amide bonds. The summed E-state index contributed by atoms with van der Waals surface area (Å²) < 4.78 is 5.17. The third kappa shape index (κ3) is 2.87. The van der Waals surface area contributed by atoms with Crippen molar-refractivity contribution in [2.24, 2.45) is 0 Å². The van der Waals surface area contributed by atoms with Crippen molar-refractivity contribution in [3.8, 4) is 5.75 Å². The highest BCUT2D eigenvalue weighted by molar-refractivity contribution is 8.00. The molecule has 21 heavy (non-hydrogen) atoms. The molecule has 1 heterocycles. The minimum absolute atomic E-state index is 0.0644. The van der Waals surface area contributed by atoms with Gasteiger partial charge in [-0.1, -0.05) is 24.3 Å². The standard InChI is InChI=1S/C17H19NO2S/c1-12-17(19,11-13-7-9-14(20-2)10-8-13)18-15-5-3-4-6-16(15)21-12/h3-10,12,18-19H,11H2,1-2H3. The van der Waals surface area contributed by atoms with Gasteiger partial charge in [0.1, 0.15) is 5.75 Å². The van der Waals surface area contributed by atoms with Gasteiger partial charge in [-0.3, -0.25) is 0 Å². The monoisotopic (exact) mass is 301 g/mol. The zero-order chi connectivity index (χ0) is 14.9. The van der Waals surface area contributed by atoms with Crippen LogP contribution in [0.2, 0.25) is 0 Å². The van der Waals surface area contributed by atoms with Gasteiger partial charge in [0, 0.05) is 11.3 Å². The van der Waals surface area contributed by atoms with Gasteiger partial charge in [0.15, 0.2) is 5.72 Å². The highest BCUT2D eigenvalue weighted by atomic mass is 32.2. The maximum atomic E-state index is 11.0. The summed E-state index contributed by atoms with van der Waals surface area (Å²) in [6.45, 7) is 2.05. The van der Waals surface area contributed by atoms with Crippen molar-refractivity contribution < 1.29 is 9.84 Å². The van der Waals surface area contributed by atoms with Crippen molar-refractivity contribution in [1.29, 1.82) is 0 Å². The van der Waals surface area contributed by atoms with Gasteiger partial charge in [-0.05, 0) is 36.8 Å². The Morgan fingerprint density at radius 1 is 1.19 bits per heavy atom. The third-order valence-electron chi connectivity index (χ3n) is 3.85. The van der Waals surface area contributed by atoms with Gasteiger partial charge in [-0.2, -0.15) is 0 Å². The van der Waals surface area contributed by atoms with Crippen LogP contribution in [0.25, 0.3) is 0 Å². The summed E-state index contributed by atoms with van der Waals surface area (Å²) in [5, 5.41) is 14.4. The van der Waals surface area contributed by atoms with Crippen molar-refractivity contribution in [1.82, 2.24) is 0 Å². The van der Waals surface area contributed by atoms with E-state index in [1.807, 2.05) is 42.5 Å². The number of hydrogen-bond acceptors (Lipinski definition) is 4. The summed E-state index contributed by atoms with van der Waals surface area (Å²) in [6.07, 6.45) is 0.555. The summed E-state index contributed by atoms with van der Waals surface area (Å²) in [5.74, 6) is 0.829. The zero-order valence-electron chi connectivity index (χ0n) is 12.2. The number of fused-ring (bicyclic) bond motifs is 1. The molecule has 3 rings (SSSR count). The lowest BCUT2D eigenvalue weighted by Crippen LogP contribution is -2.50. The number of para-hydroxylation sites is 1. The molecule has 1 aliphatic heterocycles. The molecule has 0 radical (unpaired) electrons. The van der Waals surface area contributed by atoms with E-state index in [0.717, 1.165) is 17.0 Å². The predicted octanol–water partition coefficient (Wildman–Crippen LogP) is 3.53. The van der Waals surface area contributed by atoms with Crippen molar-refractivity contribution in [2.75, 3.05) is 12.4 Å². The largest absolute Gasteiger partial charge is 0.497 e. The summed E-state index contributed by atoms with van der Waals surface area (Å²) in [5.41, 5.74) is 1.13. The molecular weight excluding hydrogens is 282 g/mol. The molecule has 0 fully saturated rings. The topological polar surface area (TPSA) is 41.5 Å². The Bertz CT molecular complexity index is 629. The number of rotatable bonds is 3. The van der Waals surface area contributed by atoms with Crippen LogP contribution in [0.5, 0.6) is 5.75 Å². The van der Waals surface area contributed by atoms with Crippen molar-refractivity contribution in [3.63, 3.8) is 0 Å². The number of methoxy groups -OCH3 is 1. The highest BCUT2D eigenvalue weighted by Gasteiger charge is 2.38. The van der Waals surface area contributed by atoms with E-state index in [2.05, 4.69) is 18.3 Å². The molecule has 4 heteroatoms. The van der Waals surface area contributed by atoms with E-state index in [1.54, 1.807) is 18.9 Å². The number of thioether (sulfide) groups is 1. The SMILES string of the molecule is COc1ccc(CC2(O)Nc3ccccc3SC2C)cc1. The van der Waals surface area contributed by atoms with E-state index < -0.39 is 5.72 Å². The van der Waals surface area contributed by atoms with E-state index in [0.29, 0.717) is 6.42 Å². The van der Waals surface area contributed by atoms with E-state index in [4.69, 9.17) is 4.74 Å². The first-order valence-corrected chi connectivity index (χ1v) is 7.88. The second-order valence-corrected chi connectivity index (χ2v) is 6.71. The fourth-order valence-corrected chi connectivity index (χ4v) is 3.66. The quantitative estimate of drug-likeness (QED) is 0.910. The maximum absolute atomic E-state index is 11.0. The van der Waals surface area contributed by atoms with Crippen molar-refractivity contribution >= 4 is 17.4 Å². The van der Waals surface area contributed by atoms with Gasteiger partial charge in [-0.25, -0.2) is 0 Å². The Morgan fingerprint density at radius 2 is 1.90 bits per heavy atom. The molecule has 0 spiro atoms. The molecular formula is C17H19NO2S. The van der Waals surface area contributed by atoms with Crippen LogP contribution in [0.15, 0.2) is 53.4 Å². The summed E-state index contributed by atoms with van der Waals surface area (Å²) >= 11 is 1.71. The molecule has 2 aromatic rings. The molecule has 2 atom stereocenters. The maximum Gasteiger partial charge on any atom is 0.151 e. The molecule has 2 N–H and O–H groups in total. The van der Waals surface area contributed by atoms with E-state index in [9.17, 15) is 5.11 Å². The first kappa shape index (κ1) is 14.3. The van der Waals surface area contributed by atoms with Gasteiger partial charge < -0.3 is 15.2 Å². The van der Waals surface area contributed by atoms with Crippen LogP contribution in [0.1, 0.15) is 12.5 Å². The molecule has 110 valence electrons. The number of ether oxygens (including phenoxy) is 1. The van der Waals surface area contributed by atoms with E-state index >= 15 is 0 Å². The lowest BCUT2D eigenvalue weighted by atomic mass is 9.98. The van der Waals surface area contributed by atoms with Gasteiger partial charge >= 0.3 is 0 Å². The third-order valence-corrected chi connectivity index (χ3v) is 5.20. The lowest BCUT2D eigenvalue weighted by Gasteiger charge is -2.40. The van der Waals surface area contributed by atoms with Gasteiger partial charge in [0.25, 0.3) is 0 Å². The smallest absolute Gasteiger partial charge is 0.151 e. The van der Waals surface area contributed by atoms with Crippen LogP contribution in [-0.4, -0.2) is 23.2 Å². The number of anilines is 1. The Balaban J connectivity index is 1.83. The number of nitrogens with one attached hydrogen (secondary N) is 1. The fraction of sp³-hybridized carbons (Fsp3) is 0.294. The summed E-state index contributed by atoms with van der Waals surface area (Å²) in [7, 11) is 1.65. The van der Waals surface area contributed by atoms with Crippen molar-refractivity contribution in [2.45, 2.75) is 29.2 Å². The molecule has 0 saturated carbocycles. The van der Waals surface area contributed by atoms with Crippen LogP contribution in [0, 0.1) is 0 Å². The molecule has 0 bridgehead atoms. The molecule has 0 aromatic heterocycles. The Morgan fingerprint density at radius 3 is 2.62 bits per heavy atom. The first-order valence-electron chi connectivity index (χ1n) is 7.00. The Hall–Kier alpha value is -1.65. The highest BCUT2D eigenvalue weighted by Crippen LogP contribution is 2.42. The predicted molar refractivity (Wildman–Crippen MR) is 87.0 cm³/mol. The normalized spacial score (nSPS) is 24.0. The van der Waals surface area contributed by atoms with E-state index in [1.165, 1.54) is 4.90 Å².